The molecule has 24 heavy (non-hydrogen) atoms. The Morgan fingerprint density at radius 3 is 2.75 bits per heavy atom. The van der Waals surface area contributed by atoms with Crippen LogP contribution in [0.3, 0.4) is 0 Å². The number of H-pyrrole nitrogens is 1. The first-order chi connectivity index (χ1) is 11.6. The molecule has 0 aliphatic carbocycles. The van der Waals surface area contributed by atoms with E-state index < -0.39 is 5.25 Å². The number of nitrogens with two attached hydrogens (primary N) is 2. The third kappa shape index (κ3) is 3.35. The number of aromatic nitrogens is 6. The molecule has 0 aliphatic heterocycles. The molecular formula is C13H15N9OS. The number of hydrogen-bond acceptors (Lipinski definition) is 9. The summed E-state index contributed by atoms with van der Waals surface area (Å²) in [7, 11) is 0. The van der Waals surface area contributed by atoms with Crippen LogP contribution in [0.2, 0.25) is 0 Å². The van der Waals surface area contributed by atoms with E-state index in [4.69, 9.17) is 11.5 Å². The van der Waals surface area contributed by atoms with Gasteiger partial charge in [0.25, 0.3) is 0 Å². The minimum absolute atomic E-state index is 0.106. The molecule has 6 N–H and O–H groups in total. The Bertz CT molecular complexity index is 864. The molecular weight excluding hydrogens is 330 g/mol. The van der Waals surface area contributed by atoms with Crippen molar-refractivity contribution in [1.29, 1.82) is 0 Å². The summed E-state index contributed by atoms with van der Waals surface area (Å²) in [6, 6.07) is 0. The normalized spacial score (nSPS) is 12.2. The quantitative estimate of drug-likeness (QED) is 0.387. The standard InChI is InChI=1S/C13H15N9OS/c1-2-7(10(23)21-13-16-3-6(14)4-17-13)24-11-8-9(19-5-18-8)20-12(15)22-11/h3-5,7H,2,14H2,1H3,(H,16,17,21,23)(H3,15,18,19,20,22)/t7-/m0/s1. The average Bonchev–Trinajstić information content (AvgIpc) is 3.02. The van der Waals surface area contributed by atoms with Gasteiger partial charge in [0.15, 0.2) is 5.65 Å². The zero-order chi connectivity index (χ0) is 17.1. The summed E-state index contributed by atoms with van der Waals surface area (Å²) < 4.78 is 0. The van der Waals surface area contributed by atoms with Gasteiger partial charge in [0.1, 0.15) is 10.5 Å². The minimum Gasteiger partial charge on any atom is -0.396 e. The van der Waals surface area contributed by atoms with Crippen LogP contribution in [0.25, 0.3) is 11.2 Å². The number of fused-ring (bicyclic) bond motifs is 1. The molecule has 0 fully saturated rings. The van der Waals surface area contributed by atoms with Gasteiger partial charge < -0.3 is 16.5 Å². The second kappa shape index (κ2) is 6.66. The highest BCUT2D eigenvalue weighted by Crippen LogP contribution is 2.29. The minimum atomic E-state index is -0.410. The van der Waals surface area contributed by atoms with E-state index in [2.05, 4.69) is 35.2 Å². The van der Waals surface area contributed by atoms with Gasteiger partial charge in [-0.25, -0.2) is 19.9 Å². The summed E-state index contributed by atoms with van der Waals surface area (Å²) in [6.45, 7) is 1.90. The van der Waals surface area contributed by atoms with Gasteiger partial charge in [0, 0.05) is 0 Å². The molecule has 11 heteroatoms. The highest BCUT2D eigenvalue weighted by Gasteiger charge is 2.22. The molecule has 0 spiro atoms. The SMILES string of the molecule is CC[C@H](Sc1nc(N)nc2nc[nH]c12)C(=O)Nc1ncc(N)cn1. The Kier molecular flexibility index (Phi) is 4.42. The van der Waals surface area contributed by atoms with E-state index in [-0.39, 0.29) is 17.8 Å². The fraction of sp³-hybridized carbons (Fsp3) is 0.231. The molecule has 3 aromatic rings. The number of hydrogen-bond donors (Lipinski definition) is 4. The van der Waals surface area contributed by atoms with E-state index in [1.165, 1.54) is 30.5 Å². The van der Waals surface area contributed by atoms with E-state index >= 15 is 0 Å². The molecule has 3 aromatic heterocycles. The smallest absolute Gasteiger partial charge is 0.240 e. The van der Waals surface area contributed by atoms with Crippen LogP contribution in [0.4, 0.5) is 17.6 Å². The molecule has 1 amide bonds. The molecule has 1 atom stereocenters. The number of nitrogens with zero attached hydrogens (tertiary/aromatic N) is 5. The largest absolute Gasteiger partial charge is 0.396 e. The third-order valence-electron chi connectivity index (χ3n) is 3.09. The molecule has 3 heterocycles. The van der Waals surface area contributed by atoms with Crippen LogP contribution in [0.15, 0.2) is 23.7 Å². The van der Waals surface area contributed by atoms with Gasteiger partial charge in [-0.05, 0) is 6.42 Å². The Balaban J connectivity index is 1.79. The number of aromatic amines is 1. The van der Waals surface area contributed by atoms with Gasteiger partial charge in [-0.15, -0.1) is 0 Å². The lowest BCUT2D eigenvalue weighted by Gasteiger charge is -2.13. The number of thioether (sulfide) groups is 1. The number of rotatable bonds is 5. The van der Waals surface area contributed by atoms with E-state index in [9.17, 15) is 4.79 Å². The zero-order valence-electron chi connectivity index (χ0n) is 12.7. The molecule has 0 aliphatic rings. The maximum atomic E-state index is 12.4. The van der Waals surface area contributed by atoms with Crippen molar-refractivity contribution < 1.29 is 4.79 Å². The predicted molar refractivity (Wildman–Crippen MR) is 91.1 cm³/mol. The van der Waals surface area contributed by atoms with Crippen LogP contribution in [-0.2, 0) is 4.79 Å². The highest BCUT2D eigenvalue weighted by molar-refractivity contribution is 8.00. The first-order valence-electron chi connectivity index (χ1n) is 7.08. The Morgan fingerprint density at radius 2 is 2.04 bits per heavy atom. The molecule has 0 radical (unpaired) electrons. The summed E-state index contributed by atoms with van der Waals surface area (Å²) >= 11 is 1.27. The fourth-order valence-corrected chi connectivity index (χ4v) is 2.97. The van der Waals surface area contributed by atoms with Crippen LogP contribution >= 0.6 is 11.8 Å². The van der Waals surface area contributed by atoms with Crippen molar-refractivity contribution in [3.63, 3.8) is 0 Å². The number of amides is 1. The van der Waals surface area contributed by atoms with Gasteiger partial charge >= 0.3 is 0 Å². The second-order valence-electron chi connectivity index (χ2n) is 4.83. The summed E-state index contributed by atoms with van der Waals surface area (Å²) in [6.07, 6.45) is 4.93. The maximum Gasteiger partial charge on any atom is 0.240 e. The van der Waals surface area contributed by atoms with Crippen molar-refractivity contribution in [2.45, 2.75) is 23.6 Å². The van der Waals surface area contributed by atoms with Gasteiger partial charge in [0.2, 0.25) is 17.8 Å². The lowest BCUT2D eigenvalue weighted by Crippen LogP contribution is -2.25. The average molecular weight is 345 g/mol. The molecule has 0 aromatic carbocycles. The van der Waals surface area contributed by atoms with Crippen molar-refractivity contribution in [2.24, 2.45) is 0 Å². The number of nitrogens with one attached hydrogen (secondary N) is 2. The van der Waals surface area contributed by atoms with Gasteiger partial charge in [-0.3, -0.25) is 10.1 Å². The number of imidazole rings is 1. The molecule has 0 bridgehead atoms. The van der Waals surface area contributed by atoms with Crippen LogP contribution in [-0.4, -0.2) is 41.1 Å². The molecule has 0 unspecified atom stereocenters. The number of nitrogen functional groups attached to an aromatic ring is 2. The van der Waals surface area contributed by atoms with Crippen LogP contribution in [0.1, 0.15) is 13.3 Å². The first kappa shape index (κ1) is 15.9. The molecule has 10 nitrogen and oxygen atoms in total. The van der Waals surface area contributed by atoms with Crippen LogP contribution < -0.4 is 16.8 Å². The molecule has 124 valence electrons. The van der Waals surface area contributed by atoms with Crippen LogP contribution in [0.5, 0.6) is 0 Å². The third-order valence-corrected chi connectivity index (χ3v) is 4.44. The van der Waals surface area contributed by atoms with Crippen molar-refractivity contribution in [3.05, 3.63) is 18.7 Å². The highest BCUT2D eigenvalue weighted by atomic mass is 32.2. The Morgan fingerprint density at radius 1 is 1.29 bits per heavy atom. The summed E-state index contributed by atoms with van der Waals surface area (Å²) in [4.78, 5) is 35.6. The van der Waals surface area contributed by atoms with E-state index in [1.807, 2.05) is 6.92 Å². The number of carbonyl (C=O) groups is 1. The van der Waals surface area contributed by atoms with Crippen LogP contribution in [0, 0.1) is 0 Å². The second-order valence-corrected chi connectivity index (χ2v) is 6.02. The topological polar surface area (TPSA) is 161 Å². The van der Waals surface area contributed by atoms with Crippen molar-refractivity contribution in [1.82, 2.24) is 29.9 Å². The summed E-state index contributed by atoms with van der Waals surface area (Å²) in [5, 5.41) is 2.81. The molecule has 0 saturated heterocycles. The maximum absolute atomic E-state index is 12.4. The fourth-order valence-electron chi connectivity index (χ4n) is 1.96. The lowest BCUT2D eigenvalue weighted by molar-refractivity contribution is -0.115. The van der Waals surface area contributed by atoms with Crippen molar-refractivity contribution in [2.75, 3.05) is 16.8 Å². The monoisotopic (exact) mass is 345 g/mol. The van der Waals surface area contributed by atoms with E-state index in [0.717, 1.165) is 0 Å². The molecule has 0 saturated carbocycles. The van der Waals surface area contributed by atoms with E-state index in [0.29, 0.717) is 28.3 Å². The lowest BCUT2D eigenvalue weighted by atomic mass is 10.3. The number of anilines is 3. The van der Waals surface area contributed by atoms with E-state index in [1.54, 1.807) is 0 Å². The summed E-state index contributed by atoms with van der Waals surface area (Å²) in [5.41, 5.74) is 12.7. The zero-order valence-corrected chi connectivity index (χ0v) is 13.5. The predicted octanol–water partition coefficient (Wildman–Crippen LogP) is 0.817. The Labute approximate surface area is 140 Å². The van der Waals surface area contributed by atoms with Gasteiger partial charge in [-0.1, -0.05) is 18.7 Å². The van der Waals surface area contributed by atoms with Crippen molar-refractivity contribution in [3.8, 4) is 0 Å². The summed E-state index contributed by atoms with van der Waals surface area (Å²) in [5.74, 6) is 0.0634. The molecule has 3 rings (SSSR count). The van der Waals surface area contributed by atoms with Gasteiger partial charge in [0.05, 0.1) is 29.7 Å². The Hall–Kier alpha value is -2.95. The van der Waals surface area contributed by atoms with Crippen molar-refractivity contribution >= 4 is 46.4 Å². The van der Waals surface area contributed by atoms with Gasteiger partial charge in [-0.2, -0.15) is 4.98 Å². The number of carbonyl (C=O) groups excluding carboxylic acids is 1. The first-order valence-corrected chi connectivity index (χ1v) is 7.96.